The SMILES string of the molecule is c1nnc(SCC2CCCC2)s1. The molecular weight excluding hydrogens is 188 g/mol. The van der Waals surface area contributed by atoms with Gasteiger partial charge in [-0.2, -0.15) is 0 Å². The highest BCUT2D eigenvalue weighted by molar-refractivity contribution is 8.01. The third-order valence-corrected chi connectivity index (χ3v) is 4.35. The molecule has 12 heavy (non-hydrogen) atoms. The van der Waals surface area contributed by atoms with Gasteiger partial charge in [-0.1, -0.05) is 35.9 Å². The Labute approximate surface area is 80.8 Å². The van der Waals surface area contributed by atoms with Crippen molar-refractivity contribution in [1.82, 2.24) is 10.2 Å². The molecule has 1 aromatic heterocycles. The second-order valence-corrected chi connectivity index (χ2v) is 5.27. The van der Waals surface area contributed by atoms with Gasteiger partial charge in [0.15, 0.2) is 4.34 Å². The predicted octanol–water partition coefficient (Wildman–Crippen LogP) is 2.82. The van der Waals surface area contributed by atoms with E-state index in [9.17, 15) is 0 Å². The van der Waals surface area contributed by atoms with Crippen molar-refractivity contribution < 1.29 is 0 Å². The zero-order chi connectivity index (χ0) is 8.23. The predicted molar refractivity (Wildman–Crippen MR) is 52.6 cm³/mol. The Hall–Kier alpha value is -0.0900. The summed E-state index contributed by atoms with van der Waals surface area (Å²) in [5, 5.41) is 7.82. The molecule has 0 bridgehead atoms. The van der Waals surface area contributed by atoms with Crippen LogP contribution < -0.4 is 0 Å². The lowest BCUT2D eigenvalue weighted by atomic mass is 10.1. The Balaban J connectivity index is 1.74. The number of aromatic nitrogens is 2. The first-order valence-electron chi connectivity index (χ1n) is 4.34. The fourth-order valence-electron chi connectivity index (χ4n) is 1.59. The van der Waals surface area contributed by atoms with Crippen molar-refractivity contribution >= 4 is 23.1 Å². The molecular formula is C8H12N2S2. The molecule has 0 aliphatic heterocycles. The largest absolute Gasteiger partial charge is 0.174 e. The van der Waals surface area contributed by atoms with Crippen LogP contribution in [0, 0.1) is 5.92 Å². The minimum absolute atomic E-state index is 0.943. The van der Waals surface area contributed by atoms with Crippen molar-refractivity contribution in [2.45, 2.75) is 30.0 Å². The van der Waals surface area contributed by atoms with Crippen LogP contribution in [0.15, 0.2) is 9.85 Å². The summed E-state index contributed by atoms with van der Waals surface area (Å²) in [6.45, 7) is 0. The second-order valence-electron chi connectivity index (χ2n) is 3.17. The molecule has 1 fully saturated rings. The summed E-state index contributed by atoms with van der Waals surface area (Å²) in [6.07, 6.45) is 5.71. The molecule has 2 rings (SSSR count). The Morgan fingerprint density at radius 1 is 1.50 bits per heavy atom. The summed E-state index contributed by atoms with van der Waals surface area (Å²) < 4.78 is 1.13. The topological polar surface area (TPSA) is 25.8 Å². The molecule has 1 aromatic rings. The molecule has 1 aliphatic rings. The number of hydrogen-bond donors (Lipinski definition) is 0. The number of rotatable bonds is 3. The zero-order valence-corrected chi connectivity index (χ0v) is 8.53. The van der Waals surface area contributed by atoms with Gasteiger partial charge in [-0.25, -0.2) is 0 Å². The van der Waals surface area contributed by atoms with Gasteiger partial charge >= 0.3 is 0 Å². The molecule has 0 N–H and O–H groups in total. The molecule has 4 heteroatoms. The molecule has 1 heterocycles. The Morgan fingerprint density at radius 3 is 3.00 bits per heavy atom. The maximum Gasteiger partial charge on any atom is 0.174 e. The molecule has 0 amide bonds. The summed E-state index contributed by atoms with van der Waals surface area (Å²) in [4.78, 5) is 0. The first-order valence-corrected chi connectivity index (χ1v) is 6.20. The fraction of sp³-hybridized carbons (Fsp3) is 0.750. The molecule has 0 aromatic carbocycles. The average Bonchev–Trinajstić information content (AvgIpc) is 2.74. The Kier molecular flexibility index (Phi) is 3.00. The highest BCUT2D eigenvalue weighted by Gasteiger charge is 2.15. The van der Waals surface area contributed by atoms with Crippen molar-refractivity contribution in [2.24, 2.45) is 5.92 Å². The molecule has 0 atom stereocenters. The first kappa shape index (κ1) is 8.51. The van der Waals surface area contributed by atoms with Gasteiger partial charge in [-0.3, -0.25) is 0 Å². The minimum atomic E-state index is 0.943. The van der Waals surface area contributed by atoms with E-state index >= 15 is 0 Å². The van der Waals surface area contributed by atoms with Gasteiger partial charge in [0.25, 0.3) is 0 Å². The third kappa shape index (κ3) is 2.20. The summed E-state index contributed by atoms with van der Waals surface area (Å²) in [7, 11) is 0. The van der Waals surface area contributed by atoms with E-state index in [1.54, 1.807) is 16.8 Å². The fourth-order valence-corrected chi connectivity index (χ4v) is 3.29. The molecule has 0 spiro atoms. The van der Waals surface area contributed by atoms with Crippen molar-refractivity contribution in [3.63, 3.8) is 0 Å². The van der Waals surface area contributed by atoms with E-state index in [4.69, 9.17) is 0 Å². The minimum Gasteiger partial charge on any atom is -0.146 e. The van der Waals surface area contributed by atoms with Crippen LogP contribution in [0.25, 0.3) is 0 Å². The van der Waals surface area contributed by atoms with Crippen LogP contribution in [-0.2, 0) is 0 Å². The van der Waals surface area contributed by atoms with Gasteiger partial charge in [-0.05, 0) is 18.8 Å². The molecule has 2 nitrogen and oxygen atoms in total. The smallest absolute Gasteiger partial charge is 0.146 e. The Bertz CT molecular complexity index is 217. The molecule has 0 radical (unpaired) electrons. The highest BCUT2D eigenvalue weighted by Crippen LogP contribution is 2.31. The first-order chi connectivity index (χ1) is 5.95. The van der Waals surface area contributed by atoms with Gasteiger partial charge in [0.05, 0.1) is 0 Å². The number of hydrogen-bond acceptors (Lipinski definition) is 4. The monoisotopic (exact) mass is 200 g/mol. The van der Waals surface area contributed by atoms with Gasteiger partial charge in [-0.15, -0.1) is 10.2 Å². The zero-order valence-electron chi connectivity index (χ0n) is 6.90. The van der Waals surface area contributed by atoms with E-state index in [-0.39, 0.29) is 0 Å². The van der Waals surface area contributed by atoms with Crippen LogP contribution in [0.2, 0.25) is 0 Å². The van der Waals surface area contributed by atoms with Crippen LogP contribution >= 0.6 is 23.1 Å². The van der Waals surface area contributed by atoms with Crippen molar-refractivity contribution in [2.75, 3.05) is 5.75 Å². The molecule has 1 saturated carbocycles. The molecule has 66 valence electrons. The van der Waals surface area contributed by atoms with Crippen LogP contribution in [0.5, 0.6) is 0 Å². The third-order valence-electron chi connectivity index (χ3n) is 2.26. The maximum atomic E-state index is 4.01. The van der Waals surface area contributed by atoms with Crippen LogP contribution in [0.4, 0.5) is 0 Å². The van der Waals surface area contributed by atoms with Crippen molar-refractivity contribution in [1.29, 1.82) is 0 Å². The lowest BCUT2D eigenvalue weighted by Gasteiger charge is -2.04. The molecule has 0 unspecified atom stereocenters. The Morgan fingerprint density at radius 2 is 2.33 bits per heavy atom. The van der Waals surface area contributed by atoms with Crippen LogP contribution in [-0.4, -0.2) is 16.0 Å². The van der Waals surface area contributed by atoms with Gasteiger partial charge < -0.3 is 0 Å². The lowest BCUT2D eigenvalue weighted by molar-refractivity contribution is 0.623. The van der Waals surface area contributed by atoms with E-state index < -0.39 is 0 Å². The number of thioether (sulfide) groups is 1. The van der Waals surface area contributed by atoms with Crippen LogP contribution in [0.3, 0.4) is 0 Å². The molecule has 1 aliphatic carbocycles. The van der Waals surface area contributed by atoms with E-state index in [0.717, 1.165) is 10.3 Å². The lowest BCUT2D eigenvalue weighted by Crippen LogP contribution is -1.95. The summed E-state index contributed by atoms with van der Waals surface area (Å²) in [5.41, 5.74) is 1.80. The molecule has 0 saturated heterocycles. The van der Waals surface area contributed by atoms with Crippen molar-refractivity contribution in [3.05, 3.63) is 5.51 Å². The summed E-state index contributed by atoms with van der Waals surface area (Å²) in [5.74, 6) is 2.19. The van der Waals surface area contributed by atoms with Gasteiger partial charge in [0.1, 0.15) is 5.51 Å². The number of nitrogens with zero attached hydrogens (tertiary/aromatic N) is 2. The van der Waals surface area contributed by atoms with E-state index in [1.165, 1.54) is 31.4 Å². The normalized spacial score (nSPS) is 18.7. The highest BCUT2D eigenvalue weighted by atomic mass is 32.2. The van der Waals surface area contributed by atoms with E-state index in [2.05, 4.69) is 10.2 Å². The summed E-state index contributed by atoms with van der Waals surface area (Å²) >= 11 is 3.52. The quantitative estimate of drug-likeness (QED) is 0.702. The van der Waals surface area contributed by atoms with Crippen molar-refractivity contribution in [3.8, 4) is 0 Å². The maximum absolute atomic E-state index is 4.01. The standard InChI is InChI=1S/C8H12N2S2/c1-2-4-7(3-1)5-11-8-10-9-6-12-8/h6-7H,1-5H2. The summed E-state index contributed by atoms with van der Waals surface area (Å²) in [6, 6.07) is 0. The van der Waals surface area contributed by atoms with Gasteiger partial charge in [0, 0.05) is 5.75 Å². The second kappa shape index (κ2) is 4.23. The van der Waals surface area contributed by atoms with Crippen LogP contribution in [0.1, 0.15) is 25.7 Å². The van der Waals surface area contributed by atoms with E-state index in [1.807, 2.05) is 11.8 Å². The average molecular weight is 200 g/mol. The van der Waals surface area contributed by atoms with Gasteiger partial charge in [0.2, 0.25) is 0 Å². The van der Waals surface area contributed by atoms with E-state index in [0.29, 0.717) is 0 Å².